The number of ether oxygens (including phenoxy) is 1. The van der Waals surface area contributed by atoms with Crippen molar-refractivity contribution in [2.75, 3.05) is 19.0 Å². The fraction of sp³-hybridized carbons (Fsp3) is 0.412. The number of rotatable bonds is 7. The van der Waals surface area contributed by atoms with Crippen LogP contribution in [-0.2, 0) is 16.0 Å². The van der Waals surface area contributed by atoms with Crippen molar-refractivity contribution in [3.8, 4) is 0 Å². The molecule has 0 aliphatic rings. The third-order valence-corrected chi connectivity index (χ3v) is 4.71. The molecule has 0 aliphatic heterocycles. The SMILES string of the molecule is COC(CN)CC(=O)Nc1nc(C)c(Cc2ccc(C)cc2)s1. The van der Waals surface area contributed by atoms with Gasteiger partial charge in [0.25, 0.3) is 0 Å². The number of aromatic nitrogens is 1. The number of carbonyl (C=O) groups is 1. The Labute approximate surface area is 140 Å². The molecule has 124 valence electrons. The van der Waals surface area contributed by atoms with E-state index in [2.05, 4.69) is 41.5 Å². The van der Waals surface area contributed by atoms with Gasteiger partial charge in [0.2, 0.25) is 5.91 Å². The van der Waals surface area contributed by atoms with Crippen LogP contribution >= 0.6 is 11.3 Å². The first kappa shape index (κ1) is 17.6. The molecule has 1 aromatic heterocycles. The number of benzene rings is 1. The third kappa shape index (κ3) is 5.13. The summed E-state index contributed by atoms with van der Waals surface area (Å²) in [5.74, 6) is -0.127. The van der Waals surface area contributed by atoms with Gasteiger partial charge in [0.1, 0.15) is 0 Å². The molecule has 1 heterocycles. The summed E-state index contributed by atoms with van der Waals surface area (Å²) in [6, 6.07) is 8.45. The van der Waals surface area contributed by atoms with Gasteiger partial charge in [-0.25, -0.2) is 4.98 Å². The highest BCUT2D eigenvalue weighted by atomic mass is 32.1. The molecule has 2 aromatic rings. The molecule has 6 heteroatoms. The molecular weight excluding hydrogens is 310 g/mol. The molecule has 3 N–H and O–H groups in total. The number of hydrogen-bond acceptors (Lipinski definition) is 5. The molecule has 0 radical (unpaired) electrons. The Bertz CT molecular complexity index is 648. The number of thiazole rings is 1. The molecular formula is C17H23N3O2S. The lowest BCUT2D eigenvalue weighted by molar-refractivity contribution is -0.118. The molecule has 1 aromatic carbocycles. The molecule has 0 saturated carbocycles. The predicted molar refractivity (Wildman–Crippen MR) is 93.9 cm³/mol. The van der Waals surface area contributed by atoms with Crippen LogP contribution in [0.4, 0.5) is 5.13 Å². The van der Waals surface area contributed by atoms with Crippen LogP contribution in [0.25, 0.3) is 0 Å². The first-order valence-electron chi connectivity index (χ1n) is 7.56. The van der Waals surface area contributed by atoms with Crippen molar-refractivity contribution >= 4 is 22.4 Å². The molecule has 23 heavy (non-hydrogen) atoms. The van der Waals surface area contributed by atoms with Crippen LogP contribution in [-0.4, -0.2) is 30.6 Å². The van der Waals surface area contributed by atoms with Gasteiger partial charge in [0, 0.05) is 25.0 Å². The Morgan fingerprint density at radius 1 is 1.35 bits per heavy atom. The van der Waals surface area contributed by atoms with E-state index >= 15 is 0 Å². The van der Waals surface area contributed by atoms with E-state index in [1.807, 2.05) is 6.92 Å². The number of hydrogen-bond donors (Lipinski definition) is 2. The first-order chi connectivity index (χ1) is 11.0. The molecule has 5 nitrogen and oxygen atoms in total. The summed E-state index contributed by atoms with van der Waals surface area (Å²) in [5, 5.41) is 3.46. The number of aryl methyl sites for hydroxylation is 2. The number of anilines is 1. The first-order valence-corrected chi connectivity index (χ1v) is 8.38. The fourth-order valence-electron chi connectivity index (χ4n) is 2.18. The average Bonchev–Trinajstić information content (AvgIpc) is 2.86. The second-order valence-electron chi connectivity index (χ2n) is 5.54. The van der Waals surface area contributed by atoms with Crippen molar-refractivity contribution in [3.63, 3.8) is 0 Å². The van der Waals surface area contributed by atoms with E-state index < -0.39 is 0 Å². The van der Waals surface area contributed by atoms with E-state index in [0.717, 1.165) is 17.0 Å². The van der Waals surface area contributed by atoms with Gasteiger partial charge in [-0.15, -0.1) is 11.3 Å². The van der Waals surface area contributed by atoms with Crippen molar-refractivity contribution in [2.24, 2.45) is 5.73 Å². The number of nitrogens with two attached hydrogens (primary N) is 1. The average molecular weight is 333 g/mol. The molecule has 0 saturated heterocycles. The zero-order valence-corrected chi connectivity index (χ0v) is 14.6. The van der Waals surface area contributed by atoms with Crippen LogP contribution < -0.4 is 11.1 Å². The maximum atomic E-state index is 12.0. The lowest BCUT2D eigenvalue weighted by atomic mass is 10.1. The summed E-state index contributed by atoms with van der Waals surface area (Å²) in [6.07, 6.45) is 0.797. The highest BCUT2D eigenvalue weighted by molar-refractivity contribution is 7.15. The van der Waals surface area contributed by atoms with Crippen LogP contribution in [0.5, 0.6) is 0 Å². The molecule has 1 amide bonds. The second-order valence-corrected chi connectivity index (χ2v) is 6.62. The van der Waals surface area contributed by atoms with Crippen LogP contribution in [0, 0.1) is 13.8 Å². The highest BCUT2D eigenvalue weighted by Crippen LogP contribution is 2.25. The molecule has 0 fully saturated rings. The zero-order valence-electron chi connectivity index (χ0n) is 13.8. The Hall–Kier alpha value is -1.76. The van der Waals surface area contributed by atoms with Crippen molar-refractivity contribution in [2.45, 2.75) is 32.8 Å². The summed E-state index contributed by atoms with van der Waals surface area (Å²) < 4.78 is 5.12. The van der Waals surface area contributed by atoms with Gasteiger partial charge >= 0.3 is 0 Å². The molecule has 0 spiro atoms. The normalized spacial score (nSPS) is 12.2. The molecule has 1 unspecified atom stereocenters. The van der Waals surface area contributed by atoms with Crippen molar-refractivity contribution in [1.29, 1.82) is 0 Å². The van der Waals surface area contributed by atoms with Crippen molar-refractivity contribution in [3.05, 3.63) is 46.0 Å². The summed E-state index contributed by atoms with van der Waals surface area (Å²) in [5.41, 5.74) is 8.97. The number of methoxy groups -OCH3 is 1. The topological polar surface area (TPSA) is 77.2 Å². The standard InChI is InChI=1S/C17H23N3O2S/c1-11-4-6-13(7-5-11)8-15-12(2)19-17(23-15)20-16(21)9-14(10-18)22-3/h4-7,14H,8-10,18H2,1-3H3,(H,19,20,21). The van der Waals surface area contributed by atoms with E-state index in [9.17, 15) is 4.79 Å². The Kier molecular flexibility index (Phi) is 6.27. The highest BCUT2D eigenvalue weighted by Gasteiger charge is 2.14. The number of nitrogens with one attached hydrogen (secondary N) is 1. The molecule has 0 bridgehead atoms. The summed E-state index contributed by atoms with van der Waals surface area (Å²) >= 11 is 1.51. The Morgan fingerprint density at radius 2 is 2.04 bits per heavy atom. The van der Waals surface area contributed by atoms with Crippen LogP contribution in [0.1, 0.15) is 28.1 Å². The number of carbonyl (C=O) groups excluding carboxylic acids is 1. The van der Waals surface area contributed by atoms with E-state index in [1.165, 1.54) is 22.5 Å². The second kappa shape index (κ2) is 8.19. The monoisotopic (exact) mass is 333 g/mol. The van der Waals surface area contributed by atoms with Gasteiger partial charge < -0.3 is 15.8 Å². The van der Waals surface area contributed by atoms with Crippen LogP contribution in [0.15, 0.2) is 24.3 Å². The summed E-state index contributed by atoms with van der Waals surface area (Å²) in [4.78, 5) is 17.6. The van der Waals surface area contributed by atoms with E-state index in [-0.39, 0.29) is 18.4 Å². The summed E-state index contributed by atoms with van der Waals surface area (Å²) in [7, 11) is 1.55. The minimum atomic E-state index is -0.261. The fourth-order valence-corrected chi connectivity index (χ4v) is 3.19. The van der Waals surface area contributed by atoms with E-state index in [4.69, 9.17) is 10.5 Å². The summed E-state index contributed by atoms with van der Waals surface area (Å²) in [6.45, 7) is 4.36. The maximum absolute atomic E-state index is 12.0. The molecule has 2 rings (SSSR count). The van der Waals surface area contributed by atoms with Gasteiger partial charge in [-0.2, -0.15) is 0 Å². The predicted octanol–water partition coefficient (Wildman–Crippen LogP) is 2.65. The van der Waals surface area contributed by atoms with E-state index in [0.29, 0.717) is 11.7 Å². The largest absolute Gasteiger partial charge is 0.380 e. The lowest BCUT2D eigenvalue weighted by Gasteiger charge is -2.11. The maximum Gasteiger partial charge on any atom is 0.228 e. The molecule has 0 aliphatic carbocycles. The van der Waals surface area contributed by atoms with Crippen LogP contribution in [0.2, 0.25) is 0 Å². The minimum Gasteiger partial charge on any atom is -0.380 e. The van der Waals surface area contributed by atoms with Gasteiger partial charge in [-0.3, -0.25) is 4.79 Å². The van der Waals surface area contributed by atoms with Gasteiger partial charge in [-0.1, -0.05) is 29.8 Å². The minimum absolute atomic E-state index is 0.127. The van der Waals surface area contributed by atoms with Gasteiger partial charge in [0.05, 0.1) is 18.2 Å². The smallest absolute Gasteiger partial charge is 0.228 e. The van der Waals surface area contributed by atoms with E-state index in [1.54, 1.807) is 7.11 Å². The van der Waals surface area contributed by atoms with Gasteiger partial charge in [-0.05, 0) is 19.4 Å². The number of amides is 1. The van der Waals surface area contributed by atoms with Crippen LogP contribution in [0.3, 0.4) is 0 Å². The Balaban J connectivity index is 2.00. The quantitative estimate of drug-likeness (QED) is 0.816. The van der Waals surface area contributed by atoms with Crippen molar-refractivity contribution < 1.29 is 9.53 Å². The molecule has 1 atom stereocenters. The Morgan fingerprint density at radius 3 is 2.65 bits per heavy atom. The van der Waals surface area contributed by atoms with Gasteiger partial charge in [0.15, 0.2) is 5.13 Å². The number of nitrogens with zero attached hydrogens (tertiary/aromatic N) is 1. The third-order valence-electron chi connectivity index (χ3n) is 3.63. The van der Waals surface area contributed by atoms with Crippen molar-refractivity contribution in [1.82, 2.24) is 4.98 Å². The zero-order chi connectivity index (χ0) is 16.8. The lowest BCUT2D eigenvalue weighted by Crippen LogP contribution is -2.28.